The molecule has 158 valence electrons. The summed E-state index contributed by atoms with van der Waals surface area (Å²) in [6, 6.07) is 0. The summed E-state index contributed by atoms with van der Waals surface area (Å²) in [4.78, 5) is 23.5. The maximum Gasteiger partial charge on any atom is 0.208 e. The zero-order valence-electron chi connectivity index (χ0n) is 14.5. The summed E-state index contributed by atoms with van der Waals surface area (Å²) >= 11 is 0. The molecule has 2 aliphatic heterocycles. The maximum absolute atomic E-state index is 12.2. The molecule has 3 rings (SSSR count). The smallest absolute Gasteiger partial charge is 0.208 e. The van der Waals surface area contributed by atoms with E-state index in [1.54, 1.807) is 0 Å². The monoisotopic (exact) mass is 405 g/mol. The van der Waals surface area contributed by atoms with Crippen LogP contribution in [0.1, 0.15) is 6.42 Å². The van der Waals surface area contributed by atoms with Gasteiger partial charge in [-0.05, 0) is 0 Å². The minimum Gasteiger partial charge on any atom is -0.545 e. The van der Waals surface area contributed by atoms with E-state index in [0.717, 1.165) is 6.26 Å². The van der Waals surface area contributed by atoms with Crippen molar-refractivity contribution in [3.63, 3.8) is 0 Å². The molecule has 2 fully saturated rings. The van der Waals surface area contributed by atoms with Gasteiger partial charge >= 0.3 is 0 Å². The Morgan fingerprint density at radius 1 is 1.21 bits per heavy atom. The molecule has 0 bridgehead atoms. The SMILES string of the molecule is O=C([O-])C1=CO[C@H](O[C@@H]2O[C@H](CO)[C@@H](O)[C@H](O)[C@H]2O)[C@@H]2[C@H]1CC(=O)[C@]2(O)CO. The van der Waals surface area contributed by atoms with Crippen LogP contribution in [-0.2, 0) is 23.8 Å². The first kappa shape index (κ1) is 21.1. The molecule has 0 aromatic carbocycles. The fourth-order valence-electron chi connectivity index (χ4n) is 3.87. The average Bonchev–Trinajstić information content (AvgIpc) is 2.93. The number of hydrogen-bond donors (Lipinski definition) is 6. The summed E-state index contributed by atoms with van der Waals surface area (Å²) in [5.41, 5.74) is -2.78. The molecule has 12 nitrogen and oxygen atoms in total. The molecule has 1 saturated carbocycles. The molecule has 1 saturated heterocycles. The molecule has 9 atom stereocenters. The third-order valence-electron chi connectivity index (χ3n) is 5.49. The van der Waals surface area contributed by atoms with Gasteiger partial charge in [0.25, 0.3) is 0 Å². The summed E-state index contributed by atoms with van der Waals surface area (Å²) in [5, 5.41) is 70.4. The van der Waals surface area contributed by atoms with E-state index in [0.29, 0.717) is 0 Å². The second-order valence-corrected chi connectivity index (χ2v) is 7.04. The number of aliphatic carboxylic acids is 1. The molecule has 6 N–H and O–H groups in total. The highest BCUT2D eigenvalue weighted by atomic mass is 16.8. The number of ether oxygens (including phenoxy) is 3. The first-order valence-corrected chi connectivity index (χ1v) is 8.55. The van der Waals surface area contributed by atoms with Gasteiger partial charge in [-0.25, -0.2) is 0 Å². The maximum atomic E-state index is 12.2. The standard InChI is InChI=1S/C16H22O12/c17-2-7-10(20)11(21)12(22)15(27-7)28-14-9-5(6(3-26-14)13(23)24)1-8(19)16(9,25)4-18/h3,5,7,9-12,14-15,17-18,20-22,25H,1-2,4H2,(H,23,24)/p-1/t5-,7+,9-,10+,11-,12+,14+,15-,16+/m0/s1. The predicted molar refractivity (Wildman–Crippen MR) is 81.5 cm³/mol. The van der Waals surface area contributed by atoms with Crippen LogP contribution in [0.25, 0.3) is 0 Å². The number of fused-ring (bicyclic) bond motifs is 1. The van der Waals surface area contributed by atoms with Crippen LogP contribution in [0.2, 0.25) is 0 Å². The van der Waals surface area contributed by atoms with Gasteiger partial charge in [-0.15, -0.1) is 0 Å². The first-order valence-electron chi connectivity index (χ1n) is 8.55. The van der Waals surface area contributed by atoms with Crippen molar-refractivity contribution >= 4 is 11.8 Å². The van der Waals surface area contributed by atoms with Crippen LogP contribution in [0.15, 0.2) is 11.8 Å². The Labute approximate surface area is 158 Å². The molecule has 3 aliphatic rings. The van der Waals surface area contributed by atoms with Crippen LogP contribution in [0, 0.1) is 11.8 Å². The molecule has 0 radical (unpaired) electrons. The van der Waals surface area contributed by atoms with Crippen molar-refractivity contribution in [3.8, 4) is 0 Å². The van der Waals surface area contributed by atoms with E-state index in [2.05, 4.69) is 0 Å². The van der Waals surface area contributed by atoms with Crippen LogP contribution in [0.3, 0.4) is 0 Å². The highest BCUT2D eigenvalue weighted by molar-refractivity contribution is 5.94. The average molecular weight is 405 g/mol. The molecule has 0 spiro atoms. The van der Waals surface area contributed by atoms with Gasteiger partial charge in [-0.3, -0.25) is 4.79 Å². The van der Waals surface area contributed by atoms with Gasteiger partial charge < -0.3 is 54.8 Å². The second kappa shape index (κ2) is 7.65. The largest absolute Gasteiger partial charge is 0.545 e. The number of carbonyl (C=O) groups excluding carboxylic acids is 2. The Morgan fingerprint density at radius 2 is 1.89 bits per heavy atom. The lowest BCUT2D eigenvalue weighted by molar-refractivity contribution is -0.347. The summed E-state index contributed by atoms with van der Waals surface area (Å²) in [5.74, 6) is -4.94. The number of Topliss-reactive ketones (excluding diaryl/α,β-unsaturated/α-hetero) is 1. The number of ketones is 1. The molecule has 0 amide bonds. The van der Waals surface area contributed by atoms with Gasteiger partial charge in [0.1, 0.15) is 24.4 Å². The number of carboxylic acids is 1. The molecule has 0 aromatic heterocycles. The van der Waals surface area contributed by atoms with Crippen molar-refractivity contribution < 1.29 is 59.5 Å². The van der Waals surface area contributed by atoms with Crippen LogP contribution in [0.5, 0.6) is 0 Å². The van der Waals surface area contributed by atoms with Crippen LogP contribution >= 0.6 is 0 Å². The highest BCUT2D eigenvalue weighted by Crippen LogP contribution is 2.47. The Hall–Kier alpha value is -1.64. The lowest BCUT2D eigenvalue weighted by Crippen LogP contribution is -2.61. The van der Waals surface area contributed by atoms with Gasteiger partial charge in [0.05, 0.1) is 31.4 Å². The van der Waals surface area contributed by atoms with Crippen molar-refractivity contribution in [2.45, 2.75) is 49.0 Å². The van der Waals surface area contributed by atoms with Gasteiger partial charge in [0.2, 0.25) is 6.29 Å². The van der Waals surface area contributed by atoms with Crippen LogP contribution < -0.4 is 5.11 Å². The zero-order valence-corrected chi connectivity index (χ0v) is 14.5. The lowest BCUT2D eigenvalue weighted by atomic mass is 9.80. The zero-order chi connectivity index (χ0) is 20.8. The third-order valence-corrected chi connectivity index (χ3v) is 5.49. The van der Waals surface area contributed by atoms with Crippen molar-refractivity contribution in [2.24, 2.45) is 11.8 Å². The number of rotatable bonds is 5. The normalized spacial score (nSPS) is 45.9. The van der Waals surface area contributed by atoms with E-state index in [1.165, 1.54) is 0 Å². The minimum absolute atomic E-state index is 0.406. The fourth-order valence-corrected chi connectivity index (χ4v) is 3.87. The molecular weight excluding hydrogens is 384 g/mol. The summed E-state index contributed by atoms with van der Waals surface area (Å²) in [7, 11) is 0. The minimum atomic E-state index is -2.38. The molecule has 0 aromatic rings. The summed E-state index contributed by atoms with van der Waals surface area (Å²) in [6.45, 7) is -1.75. The van der Waals surface area contributed by atoms with Crippen LogP contribution in [-0.4, -0.2) is 98.2 Å². The van der Waals surface area contributed by atoms with Crippen molar-refractivity contribution in [1.82, 2.24) is 0 Å². The molecule has 1 aliphatic carbocycles. The number of hydrogen-bond acceptors (Lipinski definition) is 12. The summed E-state index contributed by atoms with van der Waals surface area (Å²) < 4.78 is 15.8. The molecule has 28 heavy (non-hydrogen) atoms. The predicted octanol–water partition coefficient (Wildman–Crippen LogP) is -5.28. The molecule has 2 heterocycles. The number of aliphatic hydroxyl groups is 6. The van der Waals surface area contributed by atoms with Gasteiger partial charge in [0, 0.05) is 17.9 Å². The number of carboxylic acid groups (broad SMARTS) is 1. The molecule has 0 unspecified atom stereocenters. The van der Waals surface area contributed by atoms with Crippen molar-refractivity contribution in [3.05, 3.63) is 11.8 Å². The Balaban J connectivity index is 1.89. The van der Waals surface area contributed by atoms with E-state index >= 15 is 0 Å². The van der Waals surface area contributed by atoms with Crippen molar-refractivity contribution in [2.75, 3.05) is 13.2 Å². The second-order valence-electron chi connectivity index (χ2n) is 7.04. The molecule has 12 heteroatoms. The van der Waals surface area contributed by atoms with E-state index < -0.39 is 91.4 Å². The Bertz CT molecular complexity index is 662. The van der Waals surface area contributed by atoms with Gasteiger partial charge in [-0.2, -0.15) is 0 Å². The van der Waals surface area contributed by atoms with E-state index in [1.807, 2.05) is 0 Å². The van der Waals surface area contributed by atoms with E-state index in [-0.39, 0.29) is 0 Å². The first-order chi connectivity index (χ1) is 13.2. The van der Waals surface area contributed by atoms with Gasteiger partial charge in [0.15, 0.2) is 17.7 Å². The highest BCUT2D eigenvalue weighted by Gasteiger charge is 2.61. The topological polar surface area (TPSA) is 206 Å². The summed E-state index contributed by atoms with van der Waals surface area (Å²) in [6.07, 6.45) is -9.29. The third kappa shape index (κ3) is 3.21. The lowest BCUT2D eigenvalue weighted by Gasteiger charge is -2.44. The van der Waals surface area contributed by atoms with E-state index in [9.17, 15) is 45.3 Å². The quantitative estimate of drug-likeness (QED) is 0.254. The van der Waals surface area contributed by atoms with Crippen LogP contribution in [0.4, 0.5) is 0 Å². The number of carbonyl (C=O) groups is 2. The molecular formula is C16H21O12-. The van der Waals surface area contributed by atoms with Gasteiger partial charge in [-0.1, -0.05) is 0 Å². The fraction of sp³-hybridized carbons (Fsp3) is 0.750. The van der Waals surface area contributed by atoms with E-state index in [4.69, 9.17) is 14.2 Å². The van der Waals surface area contributed by atoms with Crippen molar-refractivity contribution in [1.29, 1.82) is 0 Å². The number of aliphatic hydroxyl groups excluding tert-OH is 5. The Kier molecular flexibility index (Phi) is 5.76. The Morgan fingerprint density at radius 3 is 2.46 bits per heavy atom.